The van der Waals surface area contributed by atoms with Crippen LogP contribution in [0.2, 0.25) is 5.15 Å². The van der Waals surface area contributed by atoms with Gasteiger partial charge in [-0.1, -0.05) is 24.4 Å². The average molecular weight is 326 g/mol. The Labute approximate surface area is 136 Å². The van der Waals surface area contributed by atoms with Gasteiger partial charge in [0.15, 0.2) is 0 Å². The number of hydrogen-bond donors (Lipinski definition) is 1. The molecule has 2 rings (SSSR count). The first kappa shape index (κ1) is 17.0. The predicted molar refractivity (Wildman–Crippen MR) is 87.6 cm³/mol. The van der Waals surface area contributed by atoms with Crippen LogP contribution in [0.4, 0.5) is 0 Å². The van der Waals surface area contributed by atoms with E-state index in [1.165, 1.54) is 6.08 Å². The van der Waals surface area contributed by atoms with Gasteiger partial charge in [0.1, 0.15) is 5.15 Å². The predicted octanol–water partition coefficient (Wildman–Crippen LogP) is 2.40. The molecule has 0 aliphatic heterocycles. The van der Waals surface area contributed by atoms with Gasteiger partial charge >= 0.3 is 0 Å². The molecule has 0 radical (unpaired) electrons. The molecule has 1 amide bonds. The molecule has 0 saturated heterocycles. The Kier molecular flexibility index (Phi) is 5.64. The average Bonchev–Trinajstić information content (AvgIpc) is 2.72. The third-order valence-corrected chi connectivity index (χ3v) is 4.79. The molecule has 122 valence electrons. The normalized spacial score (nSPS) is 22.2. The number of aliphatic hydroxyl groups excluding tert-OH is 1. The number of aromatic nitrogens is 2. The van der Waals surface area contributed by atoms with E-state index in [4.69, 9.17) is 11.6 Å². The van der Waals surface area contributed by atoms with E-state index in [-0.39, 0.29) is 17.9 Å². The van der Waals surface area contributed by atoms with Crippen LogP contribution in [0.3, 0.4) is 0 Å². The Morgan fingerprint density at radius 1 is 1.50 bits per heavy atom. The Balaban J connectivity index is 1.97. The lowest BCUT2D eigenvalue weighted by atomic mass is 9.86. The van der Waals surface area contributed by atoms with Gasteiger partial charge in [0.2, 0.25) is 5.91 Å². The zero-order valence-electron chi connectivity index (χ0n) is 13.4. The number of carbonyl (C=O) groups is 1. The monoisotopic (exact) mass is 325 g/mol. The zero-order valence-corrected chi connectivity index (χ0v) is 14.2. The molecule has 0 aromatic carbocycles. The van der Waals surface area contributed by atoms with Crippen molar-refractivity contribution in [2.24, 2.45) is 13.0 Å². The number of aryl methyl sites for hydroxylation is 2. The summed E-state index contributed by atoms with van der Waals surface area (Å²) in [5, 5.41) is 14.7. The van der Waals surface area contributed by atoms with Crippen LogP contribution in [0.5, 0.6) is 0 Å². The molecular formula is C16H24ClN3O2. The van der Waals surface area contributed by atoms with Gasteiger partial charge in [0.05, 0.1) is 11.8 Å². The van der Waals surface area contributed by atoms with Crippen LogP contribution in [0.15, 0.2) is 6.08 Å². The van der Waals surface area contributed by atoms with Gasteiger partial charge in [-0.05, 0) is 25.8 Å². The first-order valence-corrected chi connectivity index (χ1v) is 8.08. The van der Waals surface area contributed by atoms with E-state index in [1.54, 1.807) is 29.8 Å². The number of halogens is 1. The maximum Gasteiger partial charge on any atom is 0.246 e. The molecule has 2 atom stereocenters. The summed E-state index contributed by atoms with van der Waals surface area (Å²) < 4.78 is 1.59. The van der Waals surface area contributed by atoms with Crippen LogP contribution >= 0.6 is 11.6 Å². The summed E-state index contributed by atoms with van der Waals surface area (Å²) in [4.78, 5) is 13.9. The van der Waals surface area contributed by atoms with Crippen molar-refractivity contribution in [2.75, 3.05) is 13.6 Å². The van der Waals surface area contributed by atoms with E-state index in [1.807, 2.05) is 6.92 Å². The molecular weight excluding hydrogens is 302 g/mol. The van der Waals surface area contributed by atoms with Gasteiger partial charge in [-0.25, -0.2) is 0 Å². The lowest BCUT2D eigenvalue weighted by Crippen LogP contribution is -2.37. The number of carbonyl (C=O) groups excluding carboxylic acids is 1. The minimum absolute atomic E-state index is 0.0860. The van der Waals surface area contributed by atoms with E-state index in [0.29, 0.717) is 11.7 Å². The summed E-state index contributed by atoms with van der Waals surface area (Å²) in [6.45, 7) is 2.45. The molecule has 1 heterocycles. The molecule has 1 fully saturated rings. The fraction of sp³-hybridized carbons (Fsp3) is 0.625. The molecule has 22 heavy (non-hydrogen) atoms. The van der Waals surface area contributed by atoms with E-state index >= 15 is 0 Å². The fourth-order valence-electron chi connectivity index (χ4n) is 2.96. The molecule has 5 nitrogen and oxygen atoms in total. The SMILES string of the molecule is Cc1nn(C)c(Cl)c1/C=C/C(=O)N(C)CC1CCCCC1O. The van der Waals surface area contributed by atoms with Gasteiger partial charge < -0.3 is 10.0 Å². The molecule has 1 saturated carbocycles. The number of hydrogen-bond acceptors (Lipinski definition) is 3. The molecule has 1 aromatic rings. The summed E-state index contributed by atoms with van der Waals surface area (Å²) in [7, 11) is 3.54. The van der Waals surface area contributed by atoms with E-state index in [2.05, 4.69) is 5.10 Å². The van der Waals surface area contributed by atoms with Crippen molar-refractivity contribution in [1.29, 1.82) is 0 Å². The van der Waals surface area contributed by atoms with Crippen LogP contribution in [0, 0.1) is 12.8 Å². The van der Waals surface area contributed by atoms with E-state index in [9.17, 15) is 9.90 Å². The van der Waals surface area contributed by atoms with Crippen LogP contribution in [-0.2, 0) is 11.8 Å². The van der Waals surface area contributed by atoms with Crippen LogP contribution < -0.4 is 0 Å². The fourth-order valence-corrected chi connectivity index (χ4v) is 3.20. The second kappa shape index (κ2) is 7.29. The van der Waals surface area contributed by atoms with Gasteiger partial charge in [0, 0.05) is 38.2 Å². The highest BCUT2D eigenvalue weighted by Crippen LogP contribution is 2.25. The molecule has 1 aliphatic carbocycles. The molecule has 1 N–H and O–H groups in total. The highest BCUT2D eigenvalue weighted by atomic mass is 35.5. The molecule has 0 spiro atoms. The highest BCUT2D eigenvalue weighted by molar-refractivity contribution is 6.31. The number of rotatable bonds is 4. The van der Waals surface area contributed by atoms with E-state index < -0.39 is 0 Å². The zero-order chi connectivity index (χ0) is 16.3. The van der Waals surface area contributed by atoms with Crippen LogP contribution in [-0.4, -0.2) is 45.4 Å². The molecule has 6 heteroatoms. The Morgan fingerprint density at radius 3 is 2.77 bits per heavy atom. The number of nitrogens with zero attached hydrogens (tertiary/aromatic N) is 3. The number of likely N-dealkylation sites (N-methyl/N-ethyl adjacent to an activating group) is 1. The molecule has 2 unspecified atom stereocenters. The summed E-state index contributed by atoms with van der Waals surface area (Å²) in [5.74, 6) is 0.0944. The third-order valence-electron chi connectivity index (χ3n) is 4.34. The molecule has 1 aromatic heterocycles. The quantitative estimate of drug-likeness (QED) is 0.865. The van der Waals surface area contributed by atoms with E-state index in [0.717, 1.165) is 36.9 Å². The highest BCUT2D eigenvalue weighted by Gasteiger charge is 2.25. The van der Waals surface area contributed by atoms with Crippen molar-refractivity contribution in [1.82, 2.24) is 14.7 Å². The lowest BCUT2D eigenvalue weighted by Gasteiger charge is -2.30. The van der Waals surface area contributed by atoms with Crippen molar-refractivity contribution < 1.29 is 9.90 Å². The van der Waals surface area contributed by atoms with Crippen LogP contribution in [0.1, 0.15) is 36.9 Å². The molecule has 0 bridgehead atoms. The largest absolute Gasteiger partial charge is 0.393 e. The Morgan fingerprint density at radius 2 is 2.18 bits per heavy atom. The summed E-state index contributed by atoms with van der Waals surface area (Å²) in [6, 6.07) is 0. The van der Waals surface area contributed by atoms with Gasteiger partial charge in [-0.15, -0.1) is 0 Å². The minimum Gasteiger partial charge on any atom is -0.393 e. The van der Waals surface area contributed by atoms with Crippen molar-refractivity contribution in [3.63, 3.8) is 0 Å². The third kappa shape index (κ3) is 3.90. The van der Waals surface area contributed by atoms with Crippen molar-refractivity contribution in [3.8, 4) is 0 Å². The van der Waals surface area contributed by atoms with Gasteiger partial charge in [0.25, 0.3) is 0 Å². The maximum atomic E-state index is 12.2. The topological polar surface area (TPSA) is 58.4 Å². The summed E-state index contributed by atoms with van der Waals surface area (Å²) in [5.41, 5.74) is 1.56. The Hall–Kier alpha value is -1.33. The Bertz CT molecular complexity index is 568. The first-order valence-electron chi connectivity index (χ1n) is 7.70. The van der Waals surface area contributed by atoms with Crippen molar-refractivity contribution >= 4 is 23.6 Å². The summed E-state index contributed by atoms with van der Waals surface area (Å²) in [6.07, 6.45) is 6.97. The molecule has 1 aliphatic rings. The summed E-state index contributed by atoms with van der Waals surface area (Å²) >= 11 is 6.14. The standard InChI is InChI=1S/C16H24ClN3O2/c1-11-13(16(17)20(3)18-11)8-9-15(22)19(2)10-12-6-4-5-7-14(12)21/h8-9,12,14,21H,4-7,10H2,1-3H3/b9-8+. The first-order chi connectivity index (χ1) is 10.4. The van der Waals surface area contributed by atoms with Gasteiger partial charge in [-0.3, -0.25) is 9.48 Å². The van der Waals surface area contributed by atoms with Crippen LogP contribution in [0.25, 0.3) is 6.08 Å². The number of amides is 1. The second-order valence-corrected chi connectivity index (χ2v) is 6.44. The van der Waals surface area contributed by atoms with Crippen molar-refractivity contribution in [3.05, 3.63) is 22.5 Å². The van der Waals surface area contributed by atoms with Crippen molar-refractivity contribution in [2.45, 2.75) is 38.7 Å². The minimum atomic E-state index is -0.289. The van der Waals surface area contributed by atoms with Gasteiger partial charge in [-0.2, -0.15) is 5.10 Å². The second-order valence-electron chi connectivity index (χ2n) is 6.08. The lowest BCUT2D eigenvalue weighted by molar-refractivity contribution is -0.126. The maximum absolute atomic E-state index is 12.2. The smallest absolute Gasteiger partial charge is 0.246 e. The number of aliphatic hydroxyl groups is 1.